The van der Waals surface area contributed by atoms with Gasteiger partial charge >= 0.3 is 0 Å². The molecule has 22 heavy (non-hydrogen) atoms. The summed E-state index contributed by atoms with van der Waals surface area (Å²) in [5.74, 6) is -0.625. The van der Waals surface area contributed by atoms with E-state index in [9.17, 15) is 14.7 Å². The van der Waals surface area contributed by atoms with Gasteiger partial charge in [0.1, 0.15) is 0 Å². The van der Waals surface area contributed by atoms with Crippen molar-refractivity contribution in [2.75, 3.05) is 0 Å². The molecule has 0 saturated heterocycles. The lowest BCUT2D eigenvalue weighted by atomic mass is 9.75. The van der Waals surface area contributed by atoms with Gasteiger partial charge in [0, 0.05) is 40.1 Å². The summed E-state index contributed by atoms with van der Waals surface area (Å²) in [4.78, 5) is 26.7. The number of aliphatic hydroxyl groups excluding tert-OH is 1. The third kappa shape index (κ3) is 1.64. The highest BCUT2D eigenvalue weighted by Gasteiger charge is 2.44. The number of aliphatic hydroxyl groups is 1. The smallest absolute Gasteiger partial charge is 0.198 e. The van der Waals surface area contributed by atoms with E-state index in [4.69, 9.17) is 0 Å². The van der Waals surface area contributed by atoms with Crippen molar-refractivity contribution in [3.8, 4) is 0 Å². The molecule has 0 saturated carbocycles. The Morgan fingerprint density at radius 3 is 2.59 bits per heavy atom. The molecular weight excluding hydrogens is 278 g/mol. The predicted molar refractivity (Wildman–Crippen MR) is 83.2 cm³/mol. The van der Waals surface area contributed by atoms with Crippen molar-refractivity contribution in [2.24, 2.45) is 5.41 Å². The molecule has 0 unspecified atom stereocenters. The zero-order valence-electron chi connectivity index (χ0n) is 11.7. The monoisotopic (exact) mass is 291 g/mol. The van der Waals surface area contributed by atoms with Crippen LogP contribution >= 0.6 is 0 Å². The molecule has 108 valence electrons. The van der Waals surface area contributed by atoms with Crippen LogP contribution in [-0.4, -0.2) is 21.7 Å². The van der Waals surface area contributed by atoms with Gasteiger partial charge in [-0.25, -0.2) is 0 Å². The molecule has 1 aromatic carbocycles. The second kappa shape index (κ2) is 4.31. The van der Waals surface area contributed by atoms with Crippen molar-refractivity contribution >= 4 is 28.0 Å². The summed E-state index contributed by atoms with van der Waals surface area (Å²) in [7, 11) is 0. The molecule has 1 heterocycles. The maximum Gasteiger partial charge on any atom is 0.198 e. The van der Waals surface area contributed by atoms with Crippen molar-refractivity contribution < 1.29 is 14.7 Å². The summed E-state index contributed by atoms with van der Waals surface area (Å²) in [6.45, 7) is 0. The number of rotatable bonds is 1. The Hall–Kier alpha value is -2.88. The van der Waals surface area contributed by atoms with Crippen molar-refractivity contribution in [2.45, 2.75) is 6.42 Å². The van der Waals surface area contributed by atoms with Gasteiger partial charge < -0.3 is 10.1 Å². The average Bonchev–Trinajstić information content (AvgIpc) is 3.03. The van der Waals surface area contributed by atoms with E-state index in [0.717, 1.165) is 16.5 Å². The topological polar surface area (TPSA) is 70.2 Å². The molecule has 4 heteroatoms. The summed E-state index contributed by atoms with van der Waals surface area (Å²) < 4.78 is 0. The number of ketones is 2. The van der Waals surface area contributed by atoms with Crippen LogP contribution in [0.5, 0.6) is 0 Å². The minimum Gasteiger partial charge on any atom is -0.504 e. The number of hydrogen-bond acceptors (Lipinski definition) is 3. The lowest BCUT2D eigenvalue weighted by Crippen LogP contribution is -2.18. The largest absolute Gasteiger partial charge is 0.504 e. The van der Waals surface area contributed by atoms with E-state index in [2.05, 4.69) is 4.98 Å². The highest BCUT2D eigenvalue weighted by atomic mass is 16.3. The van der Waals surface area contributed by atoms with Crippen LogP contribution in [0.1, 0.15) is 12.0 Å². The number of nitrogens with one attached hydrogen (secondary N) is 1. The molecule has 4 rings (SSSR count). The molecule has 1 spiro atoms. The number of para-hydroxylation sites is 1. The zero-order chi connectivity index (χ0) is 15.3. The molecule has 2 N–H and O–H groups in total. The van der Waals surface area contributed by atoms with E-state index in [1.54, 1.807) is 18.3 Å². The van der Waals surface area contributed by atoms with Crippen LogP contribution in [-0.2, 0) is 9.59 Å². The molecule has 0 fully saturated rings. The third-order valence-electron chi connectivity index (χ3n) is 4.37. The molecule has 4 nitrogen and oxygen atoms in total. The van der Waals surface area contributed by atoms with Crippen LogP contribution in [0.3, 0.4) is 0 Å². The van der Waals surface area contributed by atoms with E-state index in [-0.39, 0.29) is 23.7 Å². The summed E-state index contributed by atoms with van der Waals surface area (Å²) in [5.41, 5.74) is 1.56. The minimum atomic E-state index is -0.736. The lowest BCUT2D eigenvalue weighted by Gasteiger charge is -2.26. The van der Waals surface area contributed by atoms with Gasteiger partial charge in [-0.05, 0) is 18.2 Å². The van der Waals surface area contributed by atoms with E-state index in [0.29, 0.717) is 5.57 Å². The molecule has 0 radical (unpaired) electrons. The van der Waals surface area contributed by atoms with Crippen LogP contribution in [0.25, 0.3) is 16.5 Å². The van der Waals surface area contributed by atoms with E-state index < -0.39 is 5.41 Å². The van der Waals surface area contributed by atoms with Gasteiger partial charge in [0.05, 0.1) is 0 Å². The van der Waals surface area contributed by atoms with E-state index in [1.165, 1.54) is 12.2 Å². The Morgan fingerprint density at radius 1 is 1.09 bits per heavy atom. The van der Waals surface area contributed by atoms with Gasteiger partial charge in [0.25, 0.3) is 0 Å². The maximum absolute atomic E-state index is 12.1. The number of hydrogen-bond donors (Lipinski definition) is 2. The van der Waals surface area contributed by atoms with Gasteiger partial charge in [-0.15, -0.1) is 0 Å². The molecule has 0 atom stereocenters. The molecule has 0 aliphatic heterocycles. The molecular formula is C18H13NO3. The number of benzene rings is 1. The maximum atomic E-state index is 12.1. The summed E-state index contributed by atoms with van der Waals surface area (Å²) >= 11 is 0. The first kappa shape index (κ1) is 12.8. The third-order valence-corrected chi connectivity index (χ3v) is 4.37. The molecule has 1 aromatic heterocycles. The normalized spacial score (nSPS) is 19.8. The second-order valence-corrected chi connectivity index (χ2v) is 5.68. The predicted octanol–water partition coefficient (Wildman–Crippen LogP) is 3.09. The first-order chi connectivity index (χ1) is 10.6. The standard InChI is InChI=1S/C18H13NO3/c20-11-5-7-18(8-6-11)9-15(21)17(22)16(18)13-10-19-14-4-2-1-3-12(13)14/h1-8,10,19,22H,9H2. The van der Waals surface area contributed by atoms with Crippen molar-refractivity contribution in [1.29, 1.82) is 0 Å². The highest BCUT2D eigenvalue weighted by Crippen LogP contribution is 2.50. The summed E-state index contributed by atoms with van der Waals surface area (Å²) in [6, 6.07) is 7.72. The average molecular weight is 291 g/mol. The number of H-pyrrole nitrogens is 1. The van der Waals surface area contributed by atoms with E-state index >= 15 is 0 Å². The van der Waals surface area contributed by atoms with Crippen molar-refractivity contribution in [3.63, 3.8) is 0 Å². The number of aromatic amines is 1. The zero-order valence-corrected chi connectivity index (χ0v) is 11.7. The Labute approximate surface area is 126 Å². The van der Waals surface area contributed by atoms with Gasteiger partial charge in [0.2, 0.25) is 0 Å². The Bertz CT molecular complexity index is 895. The van der Waals surface area contributed by atoms with E-state index in [1.807, 2.05) is 24.3 Å². The number of carbonyl (C=O) groups is 2. The van der Waals surface area contributed by atoms with Crippen molar-refractivity contribution in [3.05, 3.63) is 66.1 Å². The minimum absolute atomic E-state index is 0.109. The van der Waals surface area contributed by atoms with Crippen LogP contribution in [0, 0.1) is 5.41 Å². The van der Waals surface area contributed by atoms with Crippen molar-refractivity contribution in [1.82, 2.24) is 4.98 Å². The second-order valence-electron chi connectivity index (χ2n) is 5.68. The van der Waals surface area contributed by atoms with Gasteiger partial charge in [-0.2, -0.15) is 0 Å². The molecule has 2 aromatic rings. The Morgan fingerprint density at radius 2 is 1.82 bits per heavy atom. The molecule has 0 bridgehead atoms. The lowest BCUT2D eigenvalue weighted by molar-refractivity contribution is -0.117. The summed E-state index contributed by atoms with van der Waals surface area (Å²) in [5, 5.41) is 11.3. The highest BCUT2D eigenvalue weighted by molar-refractivity contribution is 6.13. The van der Waals surface area contributed by atoms with Crippen LogP contribution in [0.15, 0.2) is 60.5 Å². The van der Waals surface area contributed by atoms with Crippen LogP contribution in [0.4, 0.5) is 0 Å². The summed E-state index contributed by atoms with van der Waals surface area (Å²) in [6.07, 6.45) is 8.30. The first-order valence-corrected chi connectivity index (χ1v) is 7.07. The fraction of sp³-hybridized carbons (Fsp3) is 0.111. The SMILES string of the molecule is O=C1C=CC2(C=C1)CC(=O)C(O)=C2c1c[nH]c2ccccc12. The van der Waals surface area contributed by atoms with Gasteiger partial charge in [-0.1, -0.05) is 30.4 Å². The molecule has 2 aliphatic rings. The number of carbonyl (C=O) groups excluding carboxylic acids is 2. The number of Topliss-reactive ketones (excluding diaryl/α,β-unsaturated/α-hetero) is 1. The number of aromatic nitrogens is 1. The Balaban J connectivity index is 1.98. The van der Waals surface area contributed by atoms with Crippen LogP contribution in [0.2, 0.25) is 0 Å². The van der Waals surface area contributed by atoms with Gasteiger partial charge in [0.15, 0.2) is 17.3 Å². The fourth-order valence-corrected chi connectivity index (χ4v) is 3.31. The van der Waals surface area contributed by atoms with Gasteiger partial charge in [-0.3, -0.25) is 9.59 Å². The number of allylic oxidation sites excluding steroid dienone is 6. The fourth-order valence-electron chi connectivity index (χ4n) is 3.31. The number of fused-ring (bicyclic) bond motifs is 1. The quantitative estimate of drug-likeness (QED) is 0.848. The first-order valence-electron chi connectivity index (χ1n) is 7.07. The van der Waals surface area contributed by atoms with Crippen LogP contribution < -0.4 is 0 Å². The molecule has 2 aliphatic carbocycles. The molecule has 0 amide bonds. The Kier molecular flexibility index (Phi) is 2.51.